The quantitative estimate of drug-likeness (QED) is 0.0395. The average molecular weight is 1150 g/mol. The Bertz CT molecular complexity index is 3180. The molecule has 2 bridgehead atoms. The van der Waals surface area contributed by atoms with Gasteiger partial charge in [-0.25, -0.2) is 22.8 Å². The predicted octanol–water partition coefficient (Wildman–Crippen LogP) is -0.798. The molecule has 3 N–H and O–H groups in total. The average Bonchev–Trinajstić information content (AvgIpc) is 2.24. The molecule has 81 heavy (non-hydrogen) atoms. The summed E-state index contributed by atoms with van der Waals surface area (Å²) < 4.78 is 71.1. The number of amides is 3. The third kappa shape index (κ3) is 11.6. The number of fused-ring (bicyclic) bond motifs is 5. The molecule has 3 aromatic rings. The van der Waals surface area contributed by atoms with Crippen LogP contribution in [0.2, 0.25) is 0 Å². The Balaban J connectivity index is 0.00000946. The van der Waals surface area contributed by atoms with Crippen LogP contribution in [-0.2, 0) is 81.7 Å². The number of nitrogens with zero attached hydrogens (tertiary/aromatic N) is 1. The first kappa shape index (κ1) is 61.9. The fourth-order valence-corrected chi connectivity index (χ4v) is 12.4. The molecule has 8 rings (SSSR count). The van der Waals surface area contributed by atoms with Gasteiger partial charge in [0.25, 0.3) is 17.7 Å². The Labute approximate surface area is 486 Å². The number of imide groups is 1. The van der Waals surface area contributed by atoms with E-state index < -0.39 is 178 Å². The van der Waals surface area contributed by atoms with Crippen LogP contribution in [0.3, 0.4) is 0 Å². The van der Waals surface area contributed by atoms with Crippen molar-refractivity contribution in [2.75, 3.05) is 6.61 Å². The first-order chi connectivity index (χ1) is 37.6. The van der Waals surface area contributed by atoms with Crippen LogP contribution in [0.1, 0.15) is 106 Å². The van der Waals surface area contributed by atoms with Crippen LogP contribution >= 0.6 is 0 Å². The molecule has 12 atom stereocenters. The van der Waals surface area contributed by atoms with Gasteiger partial charge in [0, 0.05) is 37.7 Å². The summed E-state index contributed by atoms with van der Waals surface area (Å²) in [5.74, 6) is -13.7. The van der Waals surface area contributed by atoms with E-state index in [9.17, 15) is 61.5 Å². The minimum atomic E-state index is -5.34. The van der Waals surface area contributed by atoms with E-state index in [2.05, 4.69) is 5.32 Å². The molecule has 24 nitrogen and oxygen atoms in total. The van der Waals surface area contributed by atoms with E-state index in [4.69, 9.17) is 33.3 Å². The Hall–Kier alpha value is -6.71. The van der Waals surface area contributed by atoms with Crippen LogP contribution in [0.15, 0.2) is 102 Å². The smallest absolute Gasteiger partial charge is 0.747 e. The molecule has 5 aliphatic rings. The Morgan fingerprint density at radius 2 is 1.41 bits per heavy atom. The van der Waals surface area contributed by atoms with E-state index in [-0.39, 0.29) is 68.9 Å². The fraction of sp³-hybridized carbons (Fsp3) is 0.455. The van der Waals surface area contributed by atoms with Crippen molar-refractivity contribution >= 4 is 69.4 Å². The normalized spacial score (nSPS) is 29.0. The number of Topliss-reactive ketones (excluding diaryl/α,β-unsaturated/α-hetero) is 1. The molecule has 2 saturated heterocycles. The molecule has 3 aromatic carbocycles. The maximum atomic E-state index is 15.8. The zero-order valence-electron chi connectivity index (χ0n) is 45.0. The molecule has 2 heterocycles. The zero-order valence-corrected chi connectivity index (χ0v) is 47.8. The summed E-state index contributed by atoms with van der Waals surface area (Å²) in [6.45, 7) is 7.33. The second-order valence-electron chi connectivity index (χ2n) is 21.0. The van der Waals surface area contributed by atoms with Gasteiger partial charge in [-0.1, -0.05) is 80.6 Å². The number of ketones is 1. The number of hydroxylamine groups is 2. The summed E-state index contributed by atoms with van der Waals surface area (Å²) in [5.41, 5.74) is -8.55. The first-order valence-corrected chi connectivity index (χ1v) is 26.8. The molecule has 26 heteroatoms. The van der Waals surface area contributed by atoms with Gasteiger partial charge in [0.2, 0.25) is 6.10 Å². The third-order valence-electron chi connectivity index (χ3n) is 15.9. The molecule has 2 saturated carbocycles. The largest absolute Gasteiger partial charge is 1.00 e. The molecule has 0 aromatic heterocycles. The van der Waals surface area contributed by atoms with Crippen LogP contribution in [0.25, 0.3) is 0 Å². The van der Waals surface area contributed by atoms with Gasteiger partial charge >= 0.3 is 65.4 Å². The van der Waals surface area contributed by atoms with E-state index in [0.29, 0.717) is 0 Å². The minimum absolute atomic E-state index is 0. The van der Waals surface area contributed by atoms with Gasteiger partial charge in [-0.2, -0.15) is 0 Å². The fourth-order valence-electron chi connectivity index (χ4n) is 11.7. The summed E-state index contributed by atoms with van der Waals surface area (Å²) in [7, 11) is -5.34. The topological polar surface area (TPSA) is 348 Å². The number of carbonyl (C=O) groups is 10. The van der Waals surface area contributed by atoms with Crippen molar-refractivity contribution in [1.29, 1.82) is 0 Å². The van der Waals surface area contributed by atoms with Crippen LogP contribution in [0, 0.1) is 16.7 Å². The standard InChI is InChI=1S/C55H58N2O22S.Na/c1-28-34(75-51(68)44(42(31-16-10-7-11-17-31)56-48(65)32-18-12-8-13-19-32)76-39(62)22-23-40(63)79-57-38(61)24-35(49(57)66)80(70,71)72)26-55(69)47(77-50(67)33-20-14-9-15-21-33)45-53(6,36(60)25-37-54(45,27-73-37)78-30(3)59)46(64)43(74-29(2)58)41(28)52(55,4)5;/h7-21,34-37,42-45,47,60,69H,22-27H2,1-6H3,(H,56,65)(H,70,71,72);/q;+1/p-1/t34-,35?,36-,37+,42-,43+,44+,45-,47-,53+,54-,55+;/m0./s1. The summed E-state index contributed by atoms with van der Waals surface area (Å²) in [6, 6.07) is 21.1. The Morgan fingerprint density at radius 1 is 0.827 bits per heavy atom. The summed E-state index contributed by atoms with van der Waals surface area (Å²) in [5, 5.41) is 26.3. The van der Waals surface area contributed by atoms with Crippen LogP contribution in [0.4, 0.5) is 0 Å². The number of ether oxygens (including phenoxy) is 6. The predicted molar refractivity (Wildman–Crippen MR) is 267 cm³/mol. The van der Waals surface area contributed by atoms with Gasteiger partial charge in [0.05, 0.1) is 48.9 Å². The van der Waals surface area contributed by atoms with Crippen LogP contribution in [-0.4, -0.2) is 147 Å². The van der Waals surface area contributed by atoms with Gasteiger partial charge in [-0.3, -0.25) is 33.6 Å². The summed E-state index contributed by atoms with van der Waals surface area (Å²) >= 11 is 0. The monoisotopic (exact) mass is 1150 g/mol. The molecule has 4 fully saturated rings. The number of esters is 5. The maximum absolute atomic E-state index is 15.8. The van der Waals surface area contributed by atoms with Gasteiger partial charge in [0.1, 0.15) is 45.3 Å². The van der Waals surface area contributed by atoms with E-state index in [1.807, 2.05) is 0 Å². The van der Waals surface area contributed by atoms with Crippen molar-refractivity contribution in [2.45, 2.75) is 133 Å². The molecule has 3 aliphatic carbocycles. The number of rotatable bonds is 16. The molecule has 2 aliphatic heterocycles. The van der Waals surface area contributed by atoms with Crippen molar-refractivity contribution in [1.82, 2.24) is 10.4 Å². The van der Waals surface area contributed by atoms with E-state index in [0.717, 1.165) is 13.8 Å². The third-order valence-corrected chi connectivity index (χ3v) is 16.9. The van der Waals surface area contributed by atoms with E-state index >= 15 is 9.59 Å². The number of nitrogens with one attached hydrogen (secondary N) is 1. The van der Waals surface area contributed by atoms with Gasteiger partial charge in [0.15, 0.2) is 17.5 Å². The molecule has 426 valence electrons. The summed E-state index contributed by atoms with van der Waals surface area (Å²) in [6.07, 6.45) is -15.0. The molecule has 3 amide bonds. The number of aliphatic hydroxyl groups is 2. The molecular weight excluding hydrogens is 1100 g/mol. The molecular formula is C55H57N2NaO22S. The number of benzene rings is 3. The first-order valence-electron chi connectivity index (χ1n) is 25.3. The van der Waals surface area contributed by atoms with E-state index in [1.165, 1.54) is 88.4 Å². The molecule has 0 radical (unpaired) electrons. The van der Waals surface area contributed by atoms with Crippen molar-refractivity contribution in [3.05, 3.63) is 119 Å². The van der Waals surface area contributed by atoms with Gasteiger partial charge in [-0.05, 0) is 54.8 Å². The van der Waals surface area contributed by atoms with E-state index in [1.54, 1.807) is 30.3 Å². The zero-order chi connectivity index (χ0) is 58.4. The second kappa shape index (κ2) is 23.6. The summed E-state index contributed by atoms with van der Waals surface area (Å²) in [4.78, 5) is 143. The Kier molecular flexibility index (Phi) is 18.1. The molecule has 0 spiro atoms. The number of aliphatic hydroxyl groups excluding tert-OH is 1. The van der Waals surface area contributed by atoms with Crippen molar-refractivity contribution in [3.8, 4) is 0 Å². The minimum Gasteiger partial charge on any atom is -0.747 e. The molecule has 1 unspecified atom stereocenters. The van der Waals surface area contributed by atoms with Gasteiger partial charge < -0.3 is 53.3 Å². The second-order valence-corrected chi connectivity index (χ2v) is 22.5. The van der Waals surface area contributed by atoms with Crippen molar-refractivity contribution < 1.29 is 134 Å². The Morgan fingerprint density at radius 3 is 1.95 bits per heavy atom. The van der Waals surface area contributed by atoms with Crippen molar-refractivity contribution in [3.63, 3.8) is 0 Å². The van der Waals surface area contributed by atoms with Crippen LogP contribution in [0.5, 0.6) is 0 Å². The number of hydrogen-bond acceptors (Lipinski definition) is 22. The number of carbonyl (C=O) groups excluding carboxylic acids is 10. The van der Waals surface area contributed by atoms with Crippen molar-refractivity contribution in [2.24, 2.45) is 16.7 Å². The SMILES string of the molecule is CC(=O)O[C@H]1C(=O)[C@@]2(C)[C@H]([C@H](OC(=O)c3ccccc3)[C@]3(O)C[C@H](OC(=O)[C@H](OC(=O)CCC(=O)ON4C(=O)CC(S(=O)(=O)[O-])C4=O)[C@@H](NC(=O)c4ccccc4)c4ccccc4)C(C)=C1C3(C)C)[C@]1(OC(C)=O)CO[C@@H]1C[C@@H]2O.[Na+]. The maximum Gasteiger partial charge on any atom is 1.00 e. The van der Waals surface area contributed by atoms with Gasteiger partial charge in [-0.15, -0.1) is 5.06 Å². The number of hydrogen-bond donors (Lipinski definition) is 3. The van der Waals surface area contributed by atoms with Crippen LogP contribution < -0.4 is 34.9 Å².